The van der Waals surface area contributed by atoms with Gasteiger partial charge in [0.15, 0.2) is 11.5 Å². The van der Waals surface area contributed by atoms with Crippen LogP contribution in [-0.4, -0.2) is 80.2 Å². The molecule has 0 fully saturated rings. The number of nitrogens with zero attached hydrogens (tertiary/aromatic N) is 1. The van der Waals surface area contributed by atoms with Gasteiger partial charge < -0.3 is 30.5 Å². The topological polar surface area (TPSA) is 163 Å². The average molecular weight is 661 g/mol. The van der Waals surface area contributed by atoms with E-state index in [1.54, 1.807) is 34.6 Å². The van der Waals surface area contributed by atoms with E-state index in [1.165, 1.54) is 22.5 Å². The summed E-state index contributed by atoms with van der Waals surface area (Å²) in [5, 5.41) is 19.8. The molecule has 0 aliphatic carbocycles. The minimum atomic E-state index is -4.09. The van der Waals surface area contributed by atoms with Gasteiger partial charge in [-0.2, -0.15) is 4.31 Å². The van der Waals surface area contributed by atoms with E-state index in [2.05, 4.69) is 16.0 Å². The quantitative estimate of drug-likeness (QED) is 0.226. The van der Waals surface area contributed by atoms with E-state index in [0.717, 1.165) is 5.56 Å². The van der Waals surface area contributed by atoms with Gasteiger partial charge in [-0.1, -0.05) is 78.8 Å². The number of rotatable bonds is 15. The van der Waals surface area contributed by atoms with Crippen LogP contribution in [0.15, 0.2) is 53.4 Å². The van der Waals surface area contributed by atoms with Crippen LogP contribution in [0.2, 0.25) is 0 Å². The highest BCUT2D eigenvalue weighted by Crippen LogP contribution is 2.35. The number of benzene rings is 2. The molecule has 3 atom stereocenters. The molecule has 2 aromatic rings. The van der Waals surface area contributed by atoms with Gasteiger partial charge in [0, 0.05) is 25.1 Å². The molecule has 4 N–H and O–H groups in total. The number of ether oxygens (including phenoxy) is 2. The highest BCUT2D eigenvalue weighted by atomic mass is 32.2. The first-order chi connectivity index (χ1) is 21.5. The molecular formula is C33H48N4O8S. The number of amides is 3. The fourth-order valence-corrected chi connectivity index (χ4v) is 6.51. The van der Waals surface area contributed by atoms with Crippen molar-refractivity contribution < 1.29 is 37.4 Å². The van der Waals surface area contributed by atoms with Crippen molar-refractivity contribution in [1.82, 2.24) is 20.3 Å². The van der Waals surface area contributed by atoms with Gasteiger partial charge >= 0.3 is 0 Å². The molecule has 1 aliphatic heterocycles. The number of hydrogen-bond acceptors (Lipinski definition) is 8. The fourth-order valence-electron chi connectivity index (χ4n) is 4.88. The molecule has 254 valence electrons. The van der Waals surface area contributed by atoms with Gasteiger partial charge in [0.2, 0.25) is 34.5 Å². The van der Waals surface area contributed by atoms with Crippen LogP contribution >= 0.6 is 0 Å². The number of aliphatic hydroxyl groups is 1. The number of sulfonamides is 1. The van der Waals surface area contributed by atoms with Crippen molar-refractivity contribution in [1.29, 1.82) is 0 Å². The number of hydrogen-bond donors (Lipinski definition) is 4. The zero-order chi connectivity index (χ0) is 34.2. The van der Waals surface area contributed by atoms with Crippen molar-refractivity contribution in [2.75, 3.05) is 26.4 Å². The van der Waals surface area contributed by atoms with Crippen molar-refractivity contribution in [3.05, 3.63) is 54.1 Å². The van der Waals surface area contributed by atoms with E-state index in [9.17, 15) is 27.9 Å². The Morgan fingerprint density at radius 2 is 1.57 bits per heavy atom. The summed E-state index contributed by atoms with van der Waals surface area (Å²) in [6.07, 6.45) is -1.13. The smallest absolute Gasteiger partial charge is 0.243 e. The Labute approximate surface area is 272 Å². The molecule has 1 aliphatic rings. The van der Waals surface area contributed by atoms with Crippen LogP contribution in [-0.2, 0) is 30.8 Å². The number of carbonyl (C=O) groups is 3. The van der Waals surface area contributed by atoms with Gasteiger partial charge in [0.25, 0.3) is 0 Å². The van der Waals surface area contributed by atoms with E-state index in [0.29, 0.717) is 11.5 Å². The molecule has 13 heteroatoms. The Kier molecular flexibility index (Phi) is 12.6. The van der Waals surface area contributed by atoms with Crippen LogP contribution in [0.25, 0.3) is 0 Å². The second-order valence-corrected chi connectivity index (χ2v) is 15.3. The molecule has 0 saturated heterocycles. The van der Waals surface area contributed by atoms with Crippen molar-refractivity contribution >= 4 is 27.7 Å². The second kappa shape index (κ2) is 15.7. The van der Waals surface area contributed by atoms with Crippen LogP contribution < -0.4 is 25.4 Å². The van der Waals surface area contributed by atoms with Crippen molar-refractivity contribution in [3.8, 4) is 11.5 Å². The lowest BCUT2D eigenvalue weighted by atomic mass is 9.85. The third kappa shape index (κ3) is 10.2. The molecule has 0 radical (unpaired) electrons. The SMILES string of the molecule is CC(C)CN(CC(O)C(Cc1ccccc1)NC(=O)C(NC(=O)CNC(=O)C(C)C)C(C)(C)C)S(=O)(=O)c1ccc2c(c1)OCO2. The summed E-state index contributed by atoms with van der Waals surface area (Å²) >= 11 is 0. The zero-order valence-electron chi connectivity index (χ0n) is 27.7. The number of aliphatic hydroxyl groups excluding tert-OH is 1. The lowest BCUT2D eigenvalue weighted by molar-refractivity contribution is -0.133. The van der Waals surface area contributed by atoms with Gasteiger partial charge in [0.1, 0.15) is 6.04 Å². The molecule has 0 bridgehead atoms. The van der Waals surface area contributed by atoms with Gasteiger partial charge in [0.05, 0.1) is 23.6 Å². The van der Waals surface area contributed by atoms with Crippen molar-refractivity contribution in [2.24, 2.45) is 17.3 Å². The third-order valence-corrected chi connectivity index (χ3v) is 9.24. The molecule has 0 spiro atoms. The van der Waals surface area contributed by atoms with Crippen LogP contribution in [0.4, 0.5) is 0 Å². The first-order valence-electron chi connectivity index (χ1n) is 15.5. The van der Waals surface area contributed by atoms with Gasteiger partial charge in [-0.15, -0.1) is 0 Å². The van der Waals surface area contributed by atoms with E-state index in [1.807, 2.05) is 44.2 Å². The van der Waals surface area contributed by atoms with E-state index in [-0.39, 0.29) is 55.5 Å². The molecule has 3 rings (SSSR count). The van der Waals surface area contributed by atoms with E-state index in [4.69, 9.17) is 9.47 Å². The molecule has 0 aromatic heterocycles. The lowest BCUT2D eigenvalue weighted by Gasteiger charge is -2.34. The Bertz CT molecular complexity index is 1460. The molecular weight excluding hydrogens is 612 g/mol. The summed E-state index contributed by atoms with van der Waals surface area (Å²) in [6.45, 7) is 12.0. The third-order valence-electron chi connectivity index (χ3n) is 7.41. The normalized spacial score (nSPS) is 15.0. The van der Waals surface area contributed by atoms with Crippen molar-refractivity contribution in [2.45, 2.75) is 78.0 Å². The molecule has 3 unspecified atom stereocenters. The predicted octanol–water partition coefficient (Wildman–Crippen LogP) is 2.45. The van der Waals surface area contributed by atoms with E-state index < -0.39 is 45.4 Å². The number of carbonyl (C=O) groups excluding carboxylic acids is 3. The maximum Gasteiger partial charge on any atom is 0.243 e. The summed E-state index contributed by atoms with van der Waals surface area (Å²) in [5.41, 5.74) is 0.0739. The maximum absolute atomic E-state index is 13.9. The Balaban J connectivity index is 1.87. The first-order valence-corrected chi connectivity index (χ1v) is 16.9. The summed E-state index contributed by atoms with van der Waals surface area (Å²) in [4.78, 5) is 38.5. The zero-order valence-corrected chi connectivity index (χ0v) is 28.5. The number of fused-ring (bicyclic) bond motifs is 1. The maximum atomic E-state index is 13.9. The van der Waals surface area contributed by atoms with Crippen LogP contribution in [0.3, 0.4) is 0 Å². The monoisotopic (exact) mass is 660 g/mol. The van der Waals surface area contributed by atoms with Gasteiger partial charge in [-0.3, -0.25) is 14.4 Å². The second-order valence-electron chi connectivity index (χ2n) is 13.3. The molecule has 12 nitrogen and oxygen atoms in total. The summed E-state index contributed by atoms with van der Waals surface area (Å²) in [5.74, 6) is -0.997. The Morgan fingerprint density at radius 3 is 2.17 bits per heavy atom. The van der Waals surface area contributed by atoms with Crippen LogP contribution in [0.5, 0.6) is 11.5 Å². The average Bonchev–Trinajstić information content (AvgIpc) is 3.45. The molecule has 3 amide bonds. The molecule has 2 aromatic carbocycles. The summed E-state index contributed by atoms with van der Waals surface area (Å²) in [6, 6.07) is 11.6. The van der Waals surface area contributed by atoms with Crippen LogP contribution in [0, 0.1) is 17.3 Å². The van der Waals surface area contributed by atoms with Gasteiger partial charge in [-0.25, -0.2) is 8.42 Å². The molecule has 0 saturated carbocycles. The minimum Gasteiger partial charge on any atom is -0.454 e. The number of nitrogens with one attached hydrogen (secondary N) is 3. The molecule has 46 heavy (non-hydrogen) atoms. The minimum absolute atomic E-state index is 0.00326. The van der Waals surface area contributed by atoms with Gasteiger partial charge in [-0.05, 0) is 35.4 Å². The summed E-state index contributed by atoms with van der Waals surface area (Å²) in [7, 11) is -4.09. The molecule has 1 heterocycles. The standard InChI is InChI=1S/C33H48N4O8S/c1-21(2)18-37(46(42,43)24-13-14-27-28(16-24)45-20-44-27)19-26(38)25(15-23-11-9-8-10-12-23)35-32(41)30(33(5,6)7)36-29(39)17-34-31(40)22(3)4/h8-14,16,21-22,25-26,30,38H,15,17-20H2,1-7H3,(H,34,40)(H,35,41)(H,36,39). The summed E-state index contributed by atoms with van der Waals surface area (Å²) < 4.78 is 39.7. The van der Waals surface area contributed by atoms with Crippen LogP contribution in [0.1, 0.15) is 54.0 Å². The predicted molar refractivity (Wildman–Crippen MR) is 173 cm³/mol. The van der Waals surface area contributed by atoms with E-state index >= 15 is 0 Å². The Morgan fingerprint density at radius 1 is 0.913 bits per heavy atom. The first kappa shape index (κ1) is 36.8. The highest BCUT2D eigenvalue weighted by Gasteiger charge is 2.37. The van der Waals surface area contributed by atoms with Crippen molar-refractivity contribution in [3.63, 3.8) is 0 Å². The Hall–Kier alpha value is -3.68. The fraction of sp³-hybridized carbons (Fsp3) is 0.545. The highest BCUT2D eigenvalue weighted by molar-refractivity contribution is 7.89. The largest absolute Gasteiger partial charge is 0.454 e. The lowest BCUT2D eigenvalue weighted by Crippen LogP contribution is -2.59.